The molecule has 0 saturated carbocycles. The fourth-order valence-electron chi connectivity index (χ4n) is 3.59. The smallest absolute Gasteiger partial charge is 0.323 e. The number of nitrogens with two attached hydrogens (primary N) is 2. The first-order chi connectivity index (χ1) is 22.2. The molecule has 4 amide bonds. The predicted molar refractivity (Wildman–Crippen MR) is 180 cm³/mol. The molecule has 0 aromatic heterocycles. The molecule has 0 aliphatic carbocycles. The molecule has 256 valence electrons. The molecule has 0 fully saturated rings. The van der Waals surface area contributed by atoms with Crippen molar-refractivity contribution < 1.29 is 45.4 Å². The fraction of sp³-hybridized carbons (Fsp3) is 0. The van der Waals surface area contributed by atoms with Crippen LogP contribution in [0.3, 0.4) is 0 Å². The van der Waals surface area contributed by atoms with Crippen molar-refractivity contribution in [3.8, 4) is 11.5 Å². The van der Waals surface area contributed by atoms with Crippen molar-refractivity contribution in [1.82, 2.24) is 0 Å². The summed E-state index contributed by atoms with van der Waals surface area (Å²) in [7, 11) is -8.62. The molecule has 0 heterocycles. The van der Waals surface area contributed by atoms with Crippen molar-refractivity contribution in [2.75, 3.05) is 21.3 Å². The van der Waals surface area contributed by atoms with Crippen molar-refractivity contribution in [2.24, 2.45) is 10.3 Å². The molecule has 22 heteroatoms. The first-order valence-corrected chi connectivity index (χ1v) is 17.4. The summed E-state index contributed by atoms with van der Waals surface area (Å²) in [6.45, 7) is 0. The fourth-order valence-corrected chi connectivity index (χ4v) is 6.51. The van der Waals surface area contributed by atoms with Gasteiger partial charge in [0.1, 0.15) is 21.4 Å². The van der Waals surface area contributed by atoms with Crippen LogP contribution in [0.5, 0.6) is 11.5 Å². The lowest BCUT2D eigenvalue weighted by Crippen LogP contribution is -2.21. The van der Waals surface area contributed by atoms with Gasteiger partial charge in [-0.25, -0.2) is 45.5 Å². The van der Waals surface area contributed by atoms with Gasteiger partial charge in [0.05, 0.1) is 42.3 Å². The van der Waals surface area contributed by atoms with Crippen LogP contribution >= 0.6 is 50.7 Å². The Bertz CT molecular complexity index is 2000. The van der Waals surface area contributed by atoms with Gasteiger partial charge in [-0.1, -0.05) is 46.9 Å². The number of nitrogens with one attached hydrogen (secondary N) is 4. The van der Waals surface area contributed by atoms with E-state index in [1.807, 2.05) is 0 Å². The van der Waals surface area contributed by atoms with E-state index >= 15 is 0 Å². The van der Waals surface area contributed by atoms with E-state index in [1.54, 1.807) is 0 Å². The number of rotatable bonds is 6. The highest BCUT2D eigenvalue weighted by Crippen LogP contribution is 2.37. The number of hydrogen-bond acceptors (Lipinski definition) is 8. The molecule has 0 aliphatic heterocycles. The number of anilines is 4. The maximum atomic E-state index is 13.4. The molecular formula is C26H20BrCl3F2N6O8S2. The van der Waals surface area contributed by atoms with E-state index in [9.17, 15) is 45.4 Å². The van der Waals surface area contributed by atoms with Crippen molar-refractivity contribution in [3.05, 3.63) is 91.8 Å². The lowest BCUT2D eigenvalue weighted by atomic mass is 10.3. The molecule has 10 N–H and O–H groups in total. The van der Waals surface area contributed by atoms with Gasteiger partial charge in [0, 0.05) is 0 Å². The molecule has 4 aromatic rings. The quantitative estimate of drug-likeness (QED) is 0.101. The van der Waals surface area contributed by atoms with Crippen LogP contribution in [-0.2, 0) is 20.0 Å². The van der Waals surface area contributed by atoms with Gasteiger partial charge in [-0.3, -0.25) is 0 Å². The summed E-state index contributed by atoms with van der Waals surface area (Å²) < 4.78 is 72.5. The average Bonchev–Trinajstić information content (AvgIpc) is 2.96. The SMILES string of the molecule is NS(=O)(=O)c1c(Cl)ccc(NC(=O)Nc2cccc(F)c2Br)c1O.NS(=O)(=O)c1c(Cl)ccc(NC(=O)Nc2cccc(F)c2Cl)c1O. The molecule has 4 rings (SSSR count). The van der Waals surface area contributed by atoms with E-state index in [2.05, 4.69) is 37.2 Å². The van der Waals surface area contributed by atoms with Crippen LogP contribution in [0, 0.1) is 11.6 Å². The third kappa shape index (κ3) is 9.57. The second-order valence-corrected chi connectivity index (χ2v) is 14.0. The summed E-state index contributed by atoms with van der Waals surface area (Å²) in [5.74, 6) is -2.96. The lowest BCUT2D eigenvalue weighted by Gasteiger charge is -2.13. The van der Waals surface area contributed by atoms with Gasteiger partial charge in [0.15, 0.2) is 11.5 Å². The van der Waals surface area contributed by atoms with Gasteiger partial charge in [-0.2, -0.15) is 0 Å². The summed E-state index contributed by atoms with van der Waals surface area (Å²) in [4.78, 5) is 22.4. The third-order valence-electron chi connectivity index (χ3n) is 5.63. The number of carbonyl (C=O) groups excluding carboxylic acids is 2. The zero-order valence-electron chi connectivity index (χ0n) is 23.4. The Morgan fingerprint density at radius 2 is 1.00 bits per heavy atom. The maximum Gasteiger partial charge on any atom is 0.323 e. The number of benzene rings is 4. The van der Waals surface area contributed by atoms with Crippen molar-refractivity contribution in [2.45, 2.75) is 9.79 Å². The highest BCUT2D eigenvalue weighted by atomic mass is 79.9. The van der Waals surface area contributed by atoms with E-state index in [1.165, 1.54) is 42.5 Å². The topological polar surface area (TPSA) is 243 Å². The molecule has 48 heavy (non-hydrogen) atoms. The highest BCUT2D eigenvalue weighted by molar-refractivity contribution is 9.10. The van der Waals surface area contributed by atoms with Gasteiger partial charge < -0.3 is 31.5 Å². The van der Waals surface area contributed by atoms with Crippen molar-refractivity contribution in [1.29, 1.82) is 0 Å². The summed E-state index contributed by atoms with van der Waals surface area (Å²) in [5.41, 5.74) is -0.399. The molecule has 14 nitrogen and oxygen atoms in total. The molecule has 0 radical (unpaired) electrons. The second-order valence-electron chi connectivity index (χ2n) is 9.00. The molecular weight excluding hydrogens is 813 g/mol. The Kier molecular flexibility index (Phi) is 12.4. The van der Waals surface area contributed by atoms with Crippen LogP contribution in [0.15, 0.2) is 74.9 Å². The van der Waals surface area contributed by atoms with Crippen LogP contribution in [0.25, 0.3) is 0 Å². The molecule has 0 atom stereocenters. The molecule has 0 bridgehead atoms. The van der Waals surface area contributed by atoms with Crippen LogP contribution in [-0.4, -0.2) is 39.1 Å². The standard InChI is InChI=1S/C13H10BrClFN3O4S.C13H10Cl2FN3O4S/c14-10-7(16)2-1-3-8(10)18-13(21)19-9-5-4-6(15)12(11(9)20)24(17,22)23;14-6-4-5-9(11(20)12(6)24(17,22)23)19-13(21)18-8-3-1-2-7(16)10(8)15/h2*1-5,20H,(H2,17,22,23)(H2,18,19,21). The molecule has 0 aliphatic rings. The summed E-state index contributed by atoms with van der Waals surface area (Å²) in [5, 5.41) is 37.9. The van der Waals surface area contributed by atoms with E-state index in [0.717, 1.165) is 18.2 Å². The summed E-state index contributed by atoms with van der Waals surface area (Å²) in [6, 6.07) is 10.7. The second kappa shape index (κ2) is 15.5. The van der Waals surface area contributed by atoms with Crippen LogP contribution in [0.1, 0.15) is 0 Å². The first kappa shape index (κ1) is 38.5. The van der Waals surface area contributed by atoms with Gasteiger partial charge in [0.25, 0.3) is 0 Å². The lowest BCUT2D eigenvalue weighted by molar-refractivity contribution is 0.261. The minimum Gasteiger partial charge on any atom is -0.504 e. The number of primary sulfonamides is 2. The van der Waals surface area contributed by atoms with E-state index in [0.29, 0.717) is 0 Å². The van der Waals surface area contributed by atoms with Gasteiger partial charge in [-0.15, -0.1) is 0 Å². The van der Waals surface area contributed by atoms with Crippen LogP contribution in [0.4, 0.5) is 41.1 Å². The maximum absolute atomic E-state index is 13.4. The number of phenols is 2. The van der Waals surface area contributed by atoms with E-state index in [4.69, 9.17) is 45.1 Å². The Morgan fingerprint density at radius 3 is 1.44 bits per heavy atom. The van der Waals surface area contributed by atoms with Gasteiger partial charge in [0.2, 0.25) is 20.0 Å². The van der Waals surface area contributed by atoms with Crippen LogP contribution < -0.4 is 31.5 Å². The van der Waals surface area contributed by atoms with E-state index in [-0.39, 0.29) is 42.3 Å². The predicted octanol–water partition coefficient (Wildman–Crippen LogP) is 6.37. The molecule has 0 spiro atoms. The number of carbonyl (C=O) groups is 2. The number of hydrogen-bond donors (Lipinski definition) is 8. The Labute approximate surface area is 294 Å². The summed E-state index contributed by atoms with van der Waals surface area (Å²) in [6.07, 6.45) is 0. The molecule has 0 saturated heterocycles. The monoisotopic (exact) mass is 830 g/mol. The summed E-state index contributed by atoms with van der Waals surface area (Å²) >= 11 is 20.1. The minimum atomic E-state index is -4.32. The number of aromatic hydroxyl groups is 2. The normalized spacial score (nSPS) is 11.2. The highest BCUT2D eigenvalue weighted by Gasteiger charge is 2.24. The van der Waals surface area contributed by atoms with Crippen LogP contribution in [0.2, 0.25) is 15.1 Å². The zero-order valence-corrected chi connectivity index (χ0v) is 28.8. The number of amides is 4. The Balaban J connectivity index is 0.000000260. The van der Waals surface area contributed by atoms with Gasteiger partial charge in [-0.05, 0) is 64.5 Å². The molecule has 0 unspecified atom stereocenters. The Hall–Kier alpha value is -3.95. The minimum absolute atomic E-state index is 0.0192. The average molecular weight is 833 g/mol. The first-order valence-electron chi connectivity index (χ1n) is 12.3. The largest absolute Gasteiger partial charge is 0.504 e. The number of phenolic OH excluding ortho intramolecular Hbond substituents is 2. The number of halogens is 6. The number of urea groups is 2. The third-order valence-corrected chi connectivity index (χ3v) is 9.64. The molecule has 4 aromatic carbocycles. The van der Waals surface area contributed by atoms with Gasteiger partial charge >= 0.3 is 12.1 Å². The van der Waals surface area contributed by atoms with Crippen molar-refractivity contribution >= 4 is 106 Å². The number of sulfonamides is 2. The van der Waals surface area contributed by atoms with Crippen molar-refractivity contribution in [3.63, 3.8) is 0 Å². The van der Waals surface area contributed by atoms with E-state index < -0.39 is 65.0 Å². The zero-order chi connectivity index (χ0) is 36.1. The Morgan fingerprint density at radius 1 is 0.625 bits per heavy atom.